The molecule has 104 valence electrons. The van der Waals surface area contributed by atoms with Gasteiger partial charge in [-0.15, -0.1) is 0 Å². The van der Waals surface area contributed by atoms with Gasteiger partial charge in [0.25, 0.3) is 0 Å². The van der Waals surface area contributed by atoms with E-state index in [-0.39, 0.29) is 0 Å². The minimum absolute atomic E-state index is 0.938. The third-order valence-electron chi connectivity index (χ3n) is 3.74. The molecule has 1 aromatic heterocycles. The standard InChI is InChI=1S/C16H20N4/c1-3-9-17-15-12(2)16(19-11-18-15)20-10-8-13-6-4-5-7-14(13)20/h4-7,11H,3,8-10H2,1-2H3,(H,17,18,19). The molecule has 2 aromatic rings. The van der Waals surface area contributed by atoms with Crippen LogP contribution in [0.5, 0.6) is 0 Å². The Labute approximate surface area is 119 Å². The van der Waals surface area contributed by atoms with Gasteiger partial charge in [-0.1, -0.05) is 25.1 Å². The van der Waals surface area contributed by atoms with Crippen LogP contribution in [0.2, 0.25) is 0 Å². The topological polar surface area (TPSA) is 41.1 Å². The highest BCUT2D eigenvalue weighted by Gasteiger charge is 2.23. The Morgan fingerprint density at radius 1 is 1.25 bits per heavy atom. The van der Waals surface area contributed by atoms with Crippen molar-refractivity contribution >= 4 is 17.3 Å². The Morgan fingerprint density at radius 2 is 2.10 bits per heavy atom. The maximum absolute atomic E-state index is 4.50. The summed E-state index contributed by atoms with van der Waals surface area (Å²) in [6, 6.07) is 8.55. The zero-order chi connectivity index (χ0) is 13.9. The third-order valence-corrected chi connectivity index (χ3v) is 3.74. The van der Waals surface area contributed by atoms with E-state index in [0.717, 1.165) is 43.1 Å². The minimum atomic E-state index is 0.938. The molecule has 0 spiro atoms. The molecule has 0 saturated heterocycles. The zero-order valence-electron chi connectivity index (χ0n) is 12.1. The molecule has 0 radical (unpaired) electrons. The van der Waals surface area contributed by atoms with Gasteiger partial charge in [0.1, 0.15) is 18.0 Å². The highest BCUT2D eigenvalue weighted by molar-refractivity contribution is 5.71. The van der Waals surface area contributed by atoms with Gasteiger partial charge in [-0.2, -0.15) is 0 Å². The predicted octanol–water partition coefficient (Wildman–Crippen LogP) is 3.30. The van der Waals surface area contributed by atoms with E-state index in [9.17, 15) is 0 Å². The highest BCUT2D eigenvalue weighted by atomic mass is 15.2. The molecule has 1 aromatic carbocycles. The lowest BCUT2D eigenvalue weighted by Gasteiger charge is -2.21. The number of rotatable bonds is 4. The number of hydrogen-bond acceptors (Lipinski definition) is 4. The van der Waals surface area contributed by atoms with E-state index in [1.165, 1.54) is 11.3 Å². The van der Waals surface area contributed by atoms with Gasteiger partial charge >= 0.3 is 0 Å². The summed E-state index contributed by atoms with van der Waals surface area (Å²) in [5.74, 6) is 1.96. The van der Waals surface area contributed by atoms with Crippen LogP contribution < -0.4 is 10.2 Å². The van der Waals surface area contributed by atoms with Crippen molar-refractivity contribution < 1.29 is 0 Å². The van der Waals surface area contributed by atoms with Gasteiger partial charge in [0.2, 0.25) is 0 Å². The summed E-state index contributed by atoms with van der Waals surface area (Å²) in [7, 11) is 0. The lowest BCUT2D eigenvalue weighted by Crippen LogP contribution is -2.17. The summed E-state index contributed by atoms with van der Waals surface area (Å²) < 4.78 is 0. The van der Waals surface area contributed by atoms with Gasteiger partial charge in [-0.3, -0.25) is 0 Å². The van der Waals surface area contributed by atoms with Gasteiger partial charge in [0.05, 0.1) is 0 Å². The first-order valence-corrected chi connectivity index (χ1v) is 7.22. The number of para-hydroxylation sites is 1. The van der Waals surface area contributed by atoms with Crippen molar-refractivity contribution in [3.8, 4) is 0 Å². The summed E-state index contributed by atoms with van der Waals surface area (Å²) in [6.07, 6.45) is 3.82. The van der Waals surface area contributed by atoms with Crippen molar-refractivity contribution in [2.45, 2.75) is 26.7 Å². The number of nitrogens with zero attached hydrogens (tertiary/aromatic N) is 3. The van der Waals surface area contributed by atoms with E-state index in [0.29, 0.717) is 0 Å². The van der Waals surface area contributed by atoms with Crippen molar-refractivity contribution in [3.63, 3.8) is 0 Å². The van der Waals surface area contributed by atoms with Crippen LogP contribution in [0.25, 0.3) is 0 Å². The van der Waals surface area contributed by atoms with Crippen LogP contribution in [0.4, 0.5) is 17.3 Å². The number of hydrogen-bond donors (Lipinski definition) is 1. The van der Waals surface area contributed by atoms with Gasteiger partial charge in [0, 0.05) is 24.3 Å². The lowest BCUT2D eigenvalue weighted by atomic mass is 10.2. The molecule has 20 heavy (non-hydrogen) atoms. The van der Waals surface area contributed by atoms with E-state index in [2.05, 4.69) is 58.3 Å². The molecule has 0 atom stereocenters. The van der Waals surface area contributed by atoms with E-state index >= 15 is 0 Å². The molecule has 4 heteroatoms. The first kappa shape index (κ1) is 12.9. The highest BCUT2D eigenvalue weighted by Crippen LogP contribution is 2.35. The molecule has 0 amide bonds. The molecule has 0 bridgehead atoms. The average Bonchev–Trinajstić information content (AvgIpc) is 2.90. The molecule has 1 aliphatic heterocycles. The predicted molar refractivity (Wildman–Crippen MR) is 82.7 cm³/mol. The van der Waals surface area contributed by atoms with Crippen LogP contribution in [0.3, 0.4) is 0 Å². The maximum Gasteiger partial charge on any atom is 0.141 e. The van der Waals surface area contributed by atoms with E-state index in [4.69, 9.17) is 0 Å². The monoisotopic (exact) mass is 268 g/mol. The van der Waals surface area contributed by atoms with Gasteiger partial charge in [-0.25, -0.2) is 9.97 Å². The molecular formula is C16H20N4. The van der Waals surface area contributed by atoms with Crippen LogP contribution in [0, 0.1) is 6.92 Å². The van der Waals surface area contributed by atoms with Crippen LogP contribution >= 0.6 is 0 Å². The molecule has 3 rings (SSSR count). The zero-order valence-corrected chi connectivity index (χ0v) is 12.1. The second-order valence-electron chi connectivity index (χ2n) is 5.13. The largest absolute Gasteiger partial charge is 0.370 e. The van der Waals surface area contributed by atoms with Crippen LogP contribution in [-0.4, -0.2) is 23.1 Å². The Kier molecular flexibility index (Phi) is 3.54. The number of fused-ring (bicyclic) bond motifs is 1. The van der Waals surface area contributed by atoms with Crippen molar-refractivity contribution in [1.82, 2.24) is 9.97 Å². The molecule has 4 nitrogen and oxygen atoms in total. The third kappa shape index (κ3) is 2.22. The number of benzene rings is 1. The SMILES string of the molecule is CCCNc1ncnc(N2CCc3ccccc32)c1C. The first-order valence-electron chi connectivity index (χ1n) is 7.22. The smallest absolute Gasteiger partial charge is 0.141 e. The van der Waals surface area contributed by atoms with Gasteiger partial charge in [0.15, 0.2) is 0 Å². The number of nitrogens with one attached hydrogen (secondary N) is 1. The van der Waals surface area contributed by atoms with Crippen molar-refractivity contribution in [2.24, 2.45) is 0 Å². The second-order valence-corrected chi connectivity index (χ2v) is 5.13. The molecule has 0 unspecified atom stereocenters. The first-order chi connectivity index (χ1) is 9.81. The van der Waals surface area contributed by atoms with Crippen LogP contribution in [0.15, 0.2) is 30.6 Å². The van der Waals surface area contributed by atoms with E-state index < -0.39 is 0 Å². The van der Waals surface area contributed by atoms with Gasteiger partial charge < -0.3 is 10.2 Å². The Morgan fingerprint density at radius 3 is 2.95 bits per heavy atom. The summed E-state index contributed by atoms with van der Waals surface area (Å²) >= 11 is 0. The minimum Gasteiger partial charge on any atom is -0.370 e. The van der Waals surface area contributed by atoms with E-state index in [1.807, 2.05) is 0 Å². The average molecular weight is 268 g/mol. The second kappa shape index (κ2) is 5.49. The Hall–Kier alpha value is -2.10. The van der Waals surface area contributed by atoms with Crippen LogP contribution in [0.1, 0.15) is 24.5 Å². The summed E-state index contributed by atoms with van der Waals surface area (Å²) in [5.41, 5.74) is 3.79. The lowest BCUT2D eigenvalue weighted by molar-refractivity contribution is 0.935. The summed E-state index contributed by atoms with van der Waals surface area (Å²) in [4.78, 5) is 11.2. The summed E-state index contributed by atoms with van der Waals surface area (Å²) in [5, 5.41) is 3.37. The fourth-order valence-corrected chi connectivity index (χ4v) is 2.69. The van der Waals surface area contributed by atoms with Crippen molar-refractivity contribution in [3.05, 3.63) is 41.7 Å². The molecule has 0 fully saturated rings. The Bertz CT molecular complexity index is 609. The maximum atomic E-state index is 4.50. The van der Waals surface area contributed by atoms with Crippen molar-refractivity contribution in [1.29, 1.82) is 0 Å². The van der Waals surface area contributed by atoms with Gasteiger partial charge in [-0.05, 0) is 31.4 Å². The fraction of sp³-hybridized carbons (Fsp3) is 0.375. The van der Waals surface area contributed by atoms with Crippen LogP contribution in [-0.2, 0) is 6.42 Å². The quantitative estimate of drug-likeness (QED) is 0.923. The molecule has 1 aliphatic rings. The molecule has 0 aliphatic carbocycles. The molecule has 0 saturated carbocycles. The van der Waals surface area contributed by atoms with E-state index in [1.54, 1.807) is 6.33 Å². The van der Waals surface area contributed by atoms with Crippen molar-refractivity contribution in [2.75, 3.05) is 23.3 Å². The molecular weight excluding hydrogens is 248 g/mol. The molecule has 2 heterocycles. The molecule has 1 N–H and O–H groups in total. The number of aromatic nitrogens is 2. The fourth-order valence-electron chi connectivity index (χ4n) is 2.69. The number of anilines is 3. The Balaban J connectivity index is 1.96. The summed E-state index contributed by atoms with van der Waals surface area (Å²) in [6.45, 7) is 6.17. The normalized spacial score (nSPS) is 13.4.